The Morgan fingerprint density at radius 2 is 2.10 bits per heavy atom. The smallest absolute Gasteiger partial charge is 0.353 e. The molecule has 4 aliphatic heterocycles. The van der Waals surface area contributed by atoms with Gasteiger partial charge in [-0.15, -0.1) is 11.8 Å². The van der Waals surface area contributed by atoms with Crippen LogP contribution in [0.5, 0.6) is 0 Å². The number of thioether (sulfide) groups is 2. The number of aliphatic imine (C=N–C) groups is 1. The molecule has 4 aliphatic rings. The Morgan fingerprint density at radius 1 is 1.38 bits per heavy atom. The monoisotopic (exact) mass is 437 g/mol. The number of nitrogens with zero attached hydrogens (tertiary/aromatic N) is 3. The highest BCUT2D eigenvalue weighted by atomic mass is 32.2. The summed E-state index contributed by atoms with van der Waals surface area (Å²) >= 11 is 3.39. The SMILES string of the molecule is CCC(=O)C[C@H](C)[C@H]1C(=O)N2C(C(=O)O)=C(SC3CN(C4=NCCS4)C3)[C@H](C)[C@H]12. The molecule has 2 saturated heterocycles. The van der Waals surface area contributed by atoms with E-state index in [-0.39, 0.29) is 41.2 Å². The van der Waals surface area contributed by atoms with Gasteiger partial charge in [-0.3, -0.25) is 14.6 Å². The molecule has 4 heterocycles. The van der Waals surface area contributed by atoms with Gasteiger partial charge < -0.3 is 14.9 Å². The number of β-lactam (4-membered cyclic amide) rings is 1. The lowest BCUT2D eigenvalue weighted by Crippen LogP contribution is -2.62. The van der Waals surface area contributed by atoms with Crippen molar-refractivity contribution in [3.63, 3.8) is 0 Å². The Morgan fingerprint density at radius 3 is 2.69 bits per heavy atom. The molecule has 0 radical (unpaired) electrons. The molecule has 0 aromatic heterocycles. The number of aliphatic carboxylic acids is 1. The van der Waals surface area contributed by atoms with Crippen molar-refractivity contribution in [2.75, 3.05) is 25.4 Å². The molecule has 9 heteroatoms. The molecule has 2 fully saturated rings. The van der Waals surface area contributed by atoms with Gasteiger partial charge in [0.05, 0.1) is 18.5 Å². The summed E-state index contributed by atoms with van der Waals surface area (Å²) in [6, 6.07) is -0.137. The Bertz CT molecular complexity index is 806. The highest BCUT2D eigenvalue weighted by Crippen LogP contribution is 2.53. The van der Waals surface area contributed by atoms with Gasteiger partial charge in [0.15, 0.2) is 5.17 Å². The molecule has 4 atom stereocenters. The minimum absolute atomic E-state index is 0.0137. The summed E-state index contributed by atoms with van der Waals surface area (Å²) in [5.41, 5.74) is 0.161. The van der Waals surface area contributed by atoms with E-state index in [2.05, 4.69) is 9.89 Å². The minimum Gasteiger partial charge on any atom is -0.477 e. The third-order valence-corrected chi connectivity index (χ3v) is 8.81. The van der Waals surface area contributed by atoms with Crippen molar-refractivity contribution in [3.8, 4) is 0 Å². The van der Waals surface area contributed by atoms with E-state index in [9.17, 15) is 19.5 Å². The van der Waals surface area contributed by atoms with Gasteiger partial charge in [-0.05, 0) is 5.92 Å². The fraction of sp³-hybridized carbons (Fsp3) is 0.700. The lowest BCUT2D eigenvalue weighted by molar-refractivity contribution is -0.160. The van der Waals surface area contributed by atoms with Crippen LogP contribution < -0.4 is 0 Å². The Hall–Kier alpha value is -1.48. The maximum absolute atomic E-state index is 12.8. The van der Waals surface area contributed by atoms with Gasteiger partial charge >= 0.3 is 5.97 Å². The number of likely N-dealkylation sites (tertiary alicyclic amines) is 1. The third kappa shape index (κ3) is 3.50. The average molecular weight is 438 g/mol. The van der Waals surface area contributed by atoms with Gasteiger partial charge in [0.25, 0.3) is 0 Å². The minimum atomic E-state index is -1.03. The van der Waals surface area contributed by atoms with Crippen molar-refractivity contribution in [2.24, 2.45) is 22.7 Å². The first-order valence-corrected chi connectivity index (χ1v) is 12.1. The van der Waals surface area contributed by atoms with Gasteiger partial charge in [-0.25, -0.2) is 4.79 Å². The van der Waals surface area contributed by atoms with Crippen LogP contribution in [0.3, 0.4) is 0 Å². The first-order chi connectivity index (χ1) is 13.8. The number of hydrogen-bond donors (Lipinski definition) is 1. The number of amidine groups is 1. The van der Waals surface area contributed by atoms with E-state index in [1.165, 1.54) is 4.90 Å². The largest absolute Gasteiger partial charge is 0.477 e. The van der Waals surface area contributed by atoms with Gasteiger partial charge in [0.2, 0.25) is 5.91 Å². The number of amides is 1. The zero-order chi connectivity index (χ0) is 20.9. The third-order valence-electron chi connectivity index (χ3n) is 6.33. The summed E-state index contributed by atoms with van der Waals surface area (Å²) in [5.74, 6) is -0.327. The summed E-state index contributed by atoms with van der Waals surface area (Å²) in [4.78, 5) is 45.8. The highest BCUT2D eigenvalue weighted by molar-refractivity contribution is 8.14. The molecular formula is C20H27N3O4S2. The van der Waals surface area contributed by atoms with Crippen molar-refractivity contribution in [3.05, 3.63) is 10.6 Å². The second-order valence-corrected chi connectivity index (χ2v) is 10.7. The number of rotatable bonds is 7. The van der Waals surface area contributed by atoms with Crippen LogP contribution in [0.1, 0.15) is 33.6 Å². The normalized spacial score (nSPS) is 30.1. The van der Waals surface area contributed by atoms with Crippen LogP contribution in [-0.4, -0.2) is 74.4 Å². The first kappa shape index (κ1) is 20.8. The molecule has 0 spiro atoms. The molecule has 0 unspecified atom stereocenters. The molecule has 1 amide bonds. The van der Waals surface area contributed by atoms with E-state index < -0.39 is 5.97 Å². The number of hydrogen-bond acceptors (Lipinski definition) is 7. The van der Waals surface area contributed by atoms with Crippen LogP contribution >= 0.6 is 23.5 Å². The van der Waals surface area contributed by atoms with Crippen molar-refractivity contribution in [1.29, 1.82) is 0 Å². The first-order valence-electron chi connectivity index (χ1n) is 10.2. The van der Waals surface area contributed by atoms with Crippen LogP contribution in [0.25, 0.3) is 0 Å². The van der Waals surface area contributed by atoms with E-state index in [1.54, 1.807) is 23.5 Å². The zero-order valence-corrected chi connectivity index (χ0v) is 18.6. The van der Waals surface area contributed by atoms with Crippen LogP contribution in [-0.2, 0) is 14.4 Å². The topological polar surface area (TPSA) is 90.3 Å². The maximum Gasteiger partial charge on any atom is 0.353 e. The van der Waals surface area contributed by atoms with Crippen LogP contribution in [0.2, 0.25) is 0 Å². The van der Waals surface area contributed by atoms with Gasteiger partial charge in [0.1, 0.15) is 11.5 Å². The predicted octanol–water partition coefficient (Wildman–Crippen LogP) is 2.28. The molecule has 7 nitrogen and oxygen atoms in total. The number of carbonyl (C=O) groups excluding carboxylic acids is 2. The number of ketones is 1. The van der Waals surface area contributed by atoms with Gasteiger partial charge in [-0.1, -0.05) is 32.5 Å². The van der Waals surface area contributed by atoms with E-state index in [4.69, 9.17) is 0 Å². The molecule has 0 aliphatic carbocycles. The highest BCUT2D eigenvalue weighted by Gasteiger charge is 2.60. The quantitative estimate of drug-likeness (QED) is 0.611. The summed E-state index contributed by atoms with van der Waals surface area (Å²) in [6.07, 6.45) is 0.850. The van der Waals surface area contributed by atoms with Crippen LogP contribution in [0, 0.1) is 17.8 Å². The summed E-state index contributed by atoms with van der Waals surface area (Å²) in [7, 11) is 0. The molecule has 158 valence electrons. The second-order valence-electron chi connectivity index (χ2n) is 8.26. The molecule has 0 saturated carbocycles. The number of fused-ring (bicyclic) bond motifs is 1. The second kappa shape index (κ2) is 7.98. The molecule has 29 heavy (non-hydrogen) atoms. The standard InChI is InChI=1S/C20H27N3O4S2/c1-4-12(24)7-10(2)14-15-11(3)17(16(19(26)27)23(15)18(14)25)29-13-8-22(9-13)20-21-5-6-28-20/h10-11,13-15H,4-9H2,1-3H3,(H,26,27)/t10-,11+,14+,15+/m0/s1. The lowest BCUT2D eigenvalue weighted by atomic mass is 9.73. The zero-order valence-electron chi connectivity index (χ0n) is 17.0. The average Bonchev–Trinajstić information content (AvgIpc) is 3.23. The van der Waals surface area contributed by atoms with Crippen molar-refractivity contribution < 1.29 is 19.5 Å². The van der Waals surface area contributed by atoms with Crippen LogP contribution in [0.4, 0.5) is 0 Å². The van der Waals surface area contributed by atoms with E-state index in [0.717, 1.165) is 35.5 Å². The van der Waals surface area contributed by atoms with Gasteiger partial charge in [-0.2, -0.15) is 0 Å². The maximum atomic E-state index is 12.8. The fourth-order valence-corrected chi connectivity index (χ4v) is 7.16. The Kier molecular flexibility index (Phi) is 5.72. The van der Waals surface area contributed by atoms with Crippen molar-refractivity contribution in [1.82, 2.24) is 9.80 Å². The molecule has 0 aromatic rings. The van der Waals surface area contributed by atoms with Crippen molar-refractivity contribution >= 4 is 46.4 Å². The summed E-state index contributed by atoms with van der Waals surface area (Å²) < 4.78 is 0. The van der Waals surface area contributed by atoms with Gasteiger partial charge in [0, 0.05) is 47.8 Å². The molecule has 4 rings (SSSR count). The van der Waals surface area contributed by atoms with Crippen molar-refractivity contribution in [2.45, 2.75) is 44.9 Å². The number of carbonyl (C=O) groups is 3. The fourth-order valence-electron chi connectivity index (χ4n) is 4.76. The number of carboxylic acids is 1. The number of Topliss-reactive ketones (excluding diaryl/α,β-unsaturated/α-hetero) is 1. The van der Waals surface area contributed by atoms with Crippen LogP contribution in [0.15, 0.2) is 15.6 Å². The summed E-state index contributed by atoms with van der Waals surface area (Å²) in [6.45, 7) is 8.40. The molecular weight excluding hydrogens is 410 g/mol. The Balaban J connectivity index is 1.46. The predicted molar refractivity (Wildman–Crippen MR) is 115 cm³/mol. The van der Waals surface area contributed by atoms with E-state index in [1.807, 2.05) is 20.8 Å². The molecule has 0 bridgehead atoms. The summed E-state index contributed by atoms with van der Waals surface area (Å²) in [5, 5.41) is 11.2. The van der Waals surface area contributed by atoms with E-state index >= 15 is 0 Å². The molecule has 0 aromatic carbocycles. The van der Waals surface area contributed by atoms with E-state index in [0.29, 0.717) is 18.1 Å². The lowest BCUT2D eigenvalue weighted by Gasteiger charge is -2.47. The Labute approximate surface area is 179 Å². The molecule has 1 N–H and O–H groups in total. The number of carboxylic acid groups (broad SMARTS) is 1.